The monoisotopic (exact) mass is 258 g/mol. The number of nitrogen functional groups attached to an aromatic ring is 1. The molecule has 0 fully saturated rings. The van der Waals surface area contributed by atoms with Gasteiger partial charge in [-0.05, 0) is 12.8 Å². The van der Waals surface area contributed by atoms with E-state index in [0.29, 0.717) is 19.5 Å². The first-order valence-electron chi connectivity index (χ1n) is 5.44. The lowest BCUT2D eigenvalue weighted by Crippen LogP contribution is -2.24. The van der Waals surface area contributed by atoms with E-state index in [9.17, 15) is 8.42 Å². The molecule has 0 amide bonds. The molecule has 3 N–H and O–H groups in total. The lowest BCUT2D eigenvalue weighted by molar-refractivity contribution is 0.580. The number of aromatic nitrogens is 2. The summed E-state index contributed by atoms with van der Waals surface area (Å²) in [5.74, 6) is 0.0320. The third-order valence-electron chi connectivity index (χ3n) is 2.14. The highest BCUT2D eigenvalue weighted by Gasteiger charge is 2.20. The van der Waals surface area contributed by atoms with Gasteiger partial charge in [-0.15, -0.1) is 6.58 Å². The number of nitrogens with two attached hydrogens (primary N) is 1. The molecule has 1 heterocycles. The van der Waals surface area contributed by atoms with Gasteiger partial charge in [-0.2, -0.15) is 5.10 Å². The standard InChI is InChI=1S/C10H18N4O2S/c1-3-5-6-12-17(15,16)9-8-14(7-4-2)13-10(9)11/h3,8,12H,1,4-7H2,2H3,(H2,11,13). The Morgan fingerprint density at radius 2 is 2.35 bits per heavy atom. The Balaban J connectivity index is 2.86. The van der Waals surface area contributed by atoms with Crippen molar-refractivity contribution in [2.75, 3.05) is 12.3 Å². The predicted octanol–water partition coefficient (Wildman–Crippen LogP) is 0.730. The molecular formula is C10H18N4O2S. The molecule has 0 aromatic carbocycles. The van der Waals surface area contributed by atoms with E-state index < -0.39 is 10.0 Å². The second-order valence-electron chi connectivity index (χ2n) is 3.62. The third kappa shape index (κ3) is 3.57. The first-order chi connectivity index (χ1) is 8.01. The SMILES string of the molecule is C=CCCNS(=O)(=O)c1cn(CCC)nc1N. The van der Waals surface area contributed by atoms with Crippen LogP contribution in [0, 0.1) is 0 Å². The van der Waals surface area contributed by atoms with Crippen molar-refractivity contribution in [1.29, 1.82) is 0 Å². The van der Waals surface area contributed by atoms with Gasteiger partial charge in [0.2, 0.25) is 10.0 Å². The predicted molar refractivity (Wildman–Crippen MR) is 66.9 cm³/mol. The number of nitrogens with zero attached hydrogens (tertiary/aromatic N) is 2. The normalized spacial score (nSPS) is 11.6. The van der Waals surface area contributed by atoms with Crippen LogP contribution in [-0.2, 0) is 16.6 Å². The van der Waals surface area contributed by atoms with E-state index in [1.165, 1.54) is 10.9 Å². The Labute approximate surface area is 102 Å². The van der Waals surface area contributed by atoms with Gasteiger partial charge in [-0.1, -0.05) is 13.0 Å². The van der Waals surface area contributed by atoms with E-state index in [-0.39, 0.29) is 10.7 Å². The van der Waals surface area contributed by atoms with Crippen molar-refractivity contribution in [3.8, 4) is 0 Å². The largest absolute Gasteiger partial charge is 0.381 e. The highest BCUT2D eigenvalue weighted by atomic mass is 32.2. The van der Waals surface area contributed by atoms with Crippen LogP contribution in [0.15, 0.2) is 23.7 Å². The van der Waals surface area contributed by atoms with Gasteiger partial charge in [-0.3, -0.25) is 4.68 Å². The van der Waals surface area contributed by atoms with Crippen LogP contribution in [0.1, 0.15) is 19.8 Å². The van der Waals surface area contributed by atoms with Crippen LogP contribution in [0.25, 0.3) is 0 Å². The molecule has 6 nitrogen and oxygen atoms in total. The Morgan fingerprint density at radius 1 is 1.65 bits per heavy atom. The molecular weight excluding hydrogens is 240 g/mol. The van der Waals surface area contributed by atoms with E-state index in [4.69, 9.17) is 5.73 Å². The van der Waals surface area contributed by atoms with E-state index in [2.05, 4.69) is 16.4 Å². The first kappa shape index (κ1) is 13.7. The van der Waals surface area contributed by atoms with Crippen molar-refractivity contribution in [2.45, 2.75) is 31.2 Å². The van der Waals surface area contributed by atoms with Gasteiger partial charge in [0.15, 0.2) is 5.82 Å². The van der Waals surface area contributed by atoms with Crippen molar-refractivity contribution in [3.63, 3.8) is 0 Å². The summed E-state index contributed by atoms with van der Waals surface area (Å²) in [5, 5.41) is 3.95. The summed E-state index contributed by atoms with van der Waals surface area (Å²) >= 11 is 0. The van der Waals surface area contributed by atoms with Gasteiger partial charge in [0.05, 0.1) is 0 Å². The smallest absolute Gasteiger partial charge is 0.245 e. The summed E-state index contributed by atoms with van der Waals surface area (Å²) in [4.78, 5) is 0.0370. The van der Waals surface area contributed by atoms with E-state index in [0.717, 1.165) is 6.42 Å². The van der Waals surface area contributed by atoms with Crippen LogP contribution in [0.2, 0.25) is 0 Å². The minimum atomic E-state index is -3.57. The molecule has 0 bridgehead atoms. The van der Waals surface area contributed by atoms with E-state index in [1.807, 2.05) is 6.92 Å². The lowest BCUT2D eigenvalue weighted by atomic mass is 10.4. The molecule has 0 saturated carbocycles. The highest BCUT2D eigenvalue weighted by Crippen LogP contribution is 2.15. The molecule has 1 aromatic heterocycles. The quantitative estimate of drug-likeness (QED) is 0.557. The molecule has 0 saturated heterocycles. The second-order valence-corrected chi connectivity index (χ2v) is 5.35. The van der Waals surface area contributed by atoms with Crippen molar-refractivity contribution >= 4 is 15.8 Å². The van der Waals surface area contributed by atoms with Crippen molar-refractivity contribution in [3.05, 3.63) is 18.9 Å². The Kier molecular flexibility index (Phi) is 4.71. The summed E-state index contributed by atoms with van der Waals surface area (Å²) < 4.78 is 27.7. The molecule has 0 spiro atoms. The molecule has 1 aromatic rings. The van der Waals surface area contributed by atoms with Gasteiger partial charge < -0.3 is 5.73 Å². The minimum absolute atomic E-state index is 0.0320. The fourth-order valence-electron chi connectivity index (χ4n) is 1.34. The summed E-state index contributed by atoms with van der Waals surface area (Å²) in [6.45, 7) is 6.46. The first-order valence-corrected chi connectivity index (χ1v) is 6.93. The summed E-state index contributed by atoms with van der Waals surface area (Å²) in [7, 11) is -3.57. The molecule has 1 rings (SSSR count). The summed E-state index contributed by atoms with van der Waals surface area (Å²) in [6.07, 6.45) is 4.54. The molecule has 0 aliphatic carbocycles. The number of hydrogen-bond acceptors (Lipinski definition) is 4. The number of nitrogens with one attached hydrogen (secondary N) is 1. The molecule has 0 unspecified atom stereocenters. The van der Waals surface area contributed by atoms with Crippen molar-refractivity contribution in [2.24, 2.45) is 0 Å². The van der Waals surface area contributed by atoms with Crippen LogP contribution < -0.4 is 10.5 Å². The molecule has 17 heavy (non-hydrogen) atoms. The van der Waals surface area contributed by atoms with Crippen LogP contribution in [0.5, 0.6) is 0 Å². The Bertz CT molecular complexity index is 478. The zero-order valence-electron chi connectivity index (χ0n) is 9.89. The maximum Gasteiger partial charge on any atom is 0.245 e. The molecule has 0 aliphatic rings. The lowest BCUT2D eigenvalue weighted by Gasteiger charge is -2.03. The maximum absolute atomic E-state index is 11.9. The van der Waals surface area contributed by atoms with Gasteiger partial charge in [0.25, 0.3) is 0 Å². The molecule has 0 aliphatic heterocycles. The second kappa shape index (κ2) is 5.83. The Hall–Kier alpha value is -1.34. The average molecular weight is 258 g/mol. The van der Waals surface area contributed by atoms with E-state index >= 15 is 0 Å². The minimum Gasteiger partial charge on any atom is -0.381 e. The van der Waals surface area contributed by atoms with Gasteiger partial charge in [0, 0.05) is 19.3 Å². The Morgan fingerprint density at radius 3 is 2.94 bits per heavy atom. The third-order valence-corrected chi connectivity index (χ3v) is 3.62. The van der Waals surface area contributed by atoms with Crippen molar-refractivity contribution in [1.82, 2.24) is 14.5 Å². The van der Waals surface area contributed by atoms with Crippen LogP contribution in [-0.4, -0.2) is 24.7 Å². The van der Waals surface area contributed by atoms with Crippen LogP contribution in [0.4, 0.5) is 5.82 Å². The van der Waals surface area contributed by atoms with Crippen molar-refractivity contribution < 1.29 is 8.42 Å². The zero-order valence-corrected chi connectivity index (χ0v) is 10.7. The molecule has 7 heteroatoms. The van der Waals surface area contributed by atoms with E-state index in [1.54, 1.807) is 6.08 Å². The van der Waals surface area contributed by atoms with Gasteiger partial charge in [0.1, 0.15) is 4.90 Å². The number of aryl methyl sites for hydroxylation is 1. The summed E-state index contributed by atoms with van der Waals surface area (Å²) in [5.41, 5.74) is 5.59. The molecule has 0 atom stereocenters. The number of rotatable bonds is 7. The topological polar surface area (TPSA) is 90.0 Å². The van der Waals surface area contributed by atoms with Crippen LogP contribution >= 0.6 is 0 Å². The number of anilines is 1. The van der Waals surface area contributed by atoms with Gasteiger partial charge in [-0.25, -0.2) is 13.1 Å². The number of sulfonamides is 1. The van der Waals surface area contributed by atoms with Gasteiger partial charge >= 0.3 is 0 Å². The zero-order chi connectivity index (χ0) is 12.9. The summed E-state index contributed by atoms with van der Waals surface area (Å²) in [6, 6.07) is 0. The highest BCUT2D eigenvalue weighted by molar-refractivity contribution is 7.89. The number of hydrogen-bond donors (Lipinski definition) is 2. The average Bonchev–Trinajstić information content (AvgIpc) is 2.61. The molecule has 96 valence electrons. The van der Waals surface area contributed by atoms with Crippen LogP contribution in [0.3, 0.4) is 0 Å². The fraction of sp³-hybridized carbons (Fsp3) is 0.500. The fourth-order valence-corrected chi connectivity index (χ4v) is 2.46. The maximum atomic E-state index is 11.9. The molecule has 0 radical (unpaired) electrons.